The van der Waals surface area contributed by atoms with Crippen molar-refractivity contribution in [2.24, 2.45) is 4.99 Å². The third-order valence-electron chi connectivity index (χ3n) is 4.77. The van der Waals surface area contributed by atoms with E-state index in [0.717, 1.165) is 38.0 Å². The number of carbonyl (C=O) groups excluding carboxylic acids is 2. The predicted octanol–water partition coefficient (Wildman–Crippen LogP) is 0.753. The van der Waals surface area contributed by atoms with Crippen LogP contribution in [0.1, 0.15) is 25.3 Å². The van der Waals surface area contributed by atoms with E-state index in [0.29, 0.717) is 19.0 Å². The Kier molecular flexibility index (Phi) is 6.09. The first-order chi connectivity index (χ1) is 12.7. The Morgan fingerprint density at radius 3 is 2.62 bits per heavy atom. The summed E-state index contributed by atoms with van der Waals surface area (Å²) >= 11 is 0. The maximum atomic E-state index is 12.6. The zero-order chi connectivity index (χ0) is 18.4. The minimum Gasteiger partial charge on any atom is -0.357 e. The number of rotatable bonds is 5. The number of guanidine groups is 1. The van der Waals surface area contributed by atoms with Crippen molar-refractivity contribution in [3.8, 4) is 0 Å². The molecule has 140 valence electrons. The van der Waals surface area contributed by atoms with E-state index < -0.39 is 0 Å². The summed E-state index contributed by atoms with van der Waals surface area (Å²) in [4.78, 5) is 32.7. The zero-order valence-corrected chi connectivity index (χ0v) is 15.3. The second-order valence-electron chi connectivity index (χ2n) is 6.56. The molecule has 0 aliphatic carbocycles. The molecule has 2 aliphatic heterocycles. The molecule has 1 aromatic rings. The molecule has 26 heavy (non-hydrogen) atoms. The number of para-hydroxylation sites is 1. The summed E-state index contributed by atoms with van der Waals surface area (Å²) in [6.45, 7) is 5.25. The third-order valence-corrected chi connectivity index (χ3v) is 4.77. The van der Waals surface area contributed by atoms with E-state index in [1.165, 1.54) is 5.56 Å². The summed E-state index contributed by atoms with van der Waals surface area (Å²) in [6.07, 6.45) is 3.03. The number of nitrogens with one attached hydrogen (secondary N) is 2. The van der Waals surface area contributed by atoms with Crippen LogP contribution >= 0.6 is 0 Å². The van der Waals surface area contributed by atoms with Crippen molar-refractivity contribution in [1.82, 2.24) is 15.5 Å². The molecular weight excluding hydrogens is 330 g/mol. The summed E-state index contributed by atoms with van der Waals surface area (Å²) in [5.74, 6) is 0.548. The van der Waals surface area contributed by atoms with E-state index in [-0.39, 0.29) is 24.9 Å². The van der Waals surface area contributed by atoms with Crippen molar-refractivity contribution in [2.45, 2.75) is 26.2 Å². The molecule has 0 bridgehead atoms. The van der Waals surface area contributed by atoms with Crippen molar-refractivity contribution in [1.29, 1.82) is 0 Å². The summed E-state index contributed by atoms with van der Waals surface area (Å²) in [7, 11) is 0. The molecule has 7 heteroatoms. The van der Waals surface area contributed by atoms with Gasteiger partial charge in [-0.15, -0.1) is 0 Å². The zero-order valence-electron chi connectivity index (χ0n) is 15.3. The molecule has 1 fully saturated rings. The van der Waals surface area contributed by atoms with Crippen LogP contribution < -0.4 is 15.5 Å². The first-order valence-electron chi connectivity index (χ1n) is 9.37. The standard InChI is InChI=1S/C19H27N5O2/c1-2-20-19(21-13-17(25)23-10-5-6-11-23)22-14-18(26)24-12-9-15-7-3-4-8-16(15)24/h3-4,7-8H,2,5-6,9-14H2,1H3,(H2,20,21,22). The fraction of sp³-hybridized carbons (Fsp3) is 0.526. The molecule has 0 aromatic heterocycles. The molecule has 2 aliphatic rings. The maximum Gasteiger partial charge on any atom is 0.248 e. The molecule has 3 rings (SSSR count). The van der Waals surface area contributed by atoms with Gasteiger partial charge in [0.25, 0.3) is 0 Å². The van der Waals surface area contributed by atoms with Gasteiger partial charge in [-0.25, -0.2) is 4.99 Å². The molecule has 1 aromatic carbocycles. The first kappa shape index (κ1) is 18.2. The van der Waals surface area contributed by atoms with Crippen molar-refractivity contribution in [2.75, 3.05) is 44.2 Å². The number of aliphatic imine (C=N–C) groups is 1. The molecule has 1 saturated heterocycles. The fourth-order valence-corrected chi connectivity index (χ4v) is 3.41. The lowest BCUT2D eigenvalue weighted by Gasteiger charge is -2.18. The van der Waals surface area contributed by atoms with Gasteiger partial charge >= 0.3 is 0 Å². The molecular formula is C19H27N5O2. The van der Waals surface area contributed by atoms with Crippen molar-refractivity contribution in [3.63, 3.8) is 0 Å². The lowest BCUT2D eigenvalue weighted by atomic mass is 10.2. The number of benzene rings is 1. The second kappa shape index (κ2) is 8.69. The van der Waals surface area contributed by atoms with Crippen LogP contribution in [0.4, 0.5) is 5.69 Å². The Morgan fingerprint density at radius 2 is 1.85 bits per heavy atom. The molecule has 2 amide bonds. The number of amides is 2. The van der Waals surface area contributed by atoms with Crippen LogP contribution in [0.2, 0.25) is 0 Å². The number of hydrogen-bond donors (Lipinski definition) is 2. The van der Waals surface area contributed by atoms with Crippen LogP contribution in [0, 0.1) is 0 Å². The molecule has 2 heterocycles. The number of fused-ring (bicyclic) bond motifs is 1. The summed E-state index contributed by atoms with van der Waals surface area (Å²) in [5.41, 5.74) is 2.18. The summed E-state index contributed by atoms with van der Waals surface area (Å²) < 4.78 is 0. The van der Waals surface area contributed by atoms with Crippen LogP contribution in [0.15, 0.2) is 29.3 Å². The monoisotopic (exact) mass is 357 g/mol. The first-order valence-corrected chi connectivity index (χ1v) is 9.37. The van der Waals surface area contributed by atoms with E-state index in [1.54, 1.807) is 4.90 Å². The Morgan fingerprint density at radius 1 is 1.08 bits per heavy atom. The Hall–Kier alpha value is -2.57. The van der Waals surface area contributed by atoms with Gasteiger partial charge in [-0.1, -0.05) is 18.2 Å². The van der Waals surface area contributed by atoms with E-state index in [9.17, 15) is 9.59 Å². The number of hydrogen-bond acceptors (Lipinski definition) is 3. The molecule has 2 N–H and O–H groups in total. The third kappa shape index (κ3) is 4.33. The number of carbonyl (C=O) groups is 2. The quantitative estimate of drug-likeness (QED) is 0.602. The van der Waals surface area contributed by atoms with Crippen LogP contribution in [0.5, 0.6) is 0 Å². The normalized spacial score (nSPS) is 16.6. The highest BCUT2D eigenvalue weighted by Gasteiger charge is 2.24. The molecule has 0 radical (unpaired) electrons. The van der Waals surface area contributed by atoms with Crippen molar-refractivity contribution >= 4 is 23.5 Å². The van der Waals surface area contributed by atoms with Crippen LogP contribution in [0.25, 0.3) is 0 Å². The Balaban J connectivity index is 1.55. The van der Waals surface area contributed by atoms with Crippen LogP contribution in [-0.4, -0.2) is 61.9 Å². The molecule has 0 saturated carbocycles. The molecule has 0 atom stereocenters. The predicted molar refractivity (Wildman–Crippen MR) is 102 cm³/mol. The minimum atomic E-state index is -0.0296. The largest absolute Gasteiger partial charge is 0.357 e. The van der Waals surface area contributed by atoms with Gasteiger partial charge < -0.3 is 20.4 Å². The van der Waals surface area contributed by atoms with Gasteiger partial charge in [0.1, 0.15) is 6.54 Å². The summed E-state index contributed by atoms with van der Waals surface area (Å²) in [6, 6.07) is 7.97. The fourth-order valence-electron chi connectivity index (χ4n) is 3.41. The van der Waals surface area contributed by atoms with E-state index in [1.807, 2.05) is 30.0 Å². The SMILES string of the molecule is CCNC(=NCC(=O)N1CCc2ccccc21)NCC(=O)N1CCCC1. The average molecular weight is 357 g/mol. The number of anilines is 1. The van der Waals surface area contributed by atoms with Crippen molar-refractivity contribution in [3.05, 3.63) is 29.8 Å². The van der Waals surface area contributed by atoms with E-state index in [4.69, 9.17) is 0 Å². The lowest BCUT2D eigenvalue weighted by molar-refractivity contribution is -0.128. The highest BCUT2D eigenvalue weighted by molar-refractivity contribution is 5.98. The number of likely N-dealkylation sites (tertiary alicyclic amines) is 1. The topological polar surface area (TPSA) is 77.0 Å². The smallest absolute Gasteiger partial charge is 0.248 e. The van der Waals surface area contributed by atoms with Crippen LogP contribution in [0.3, 0.4) is 0 Å². The van der Waals surface area contributed by atoms with Gasteiger partial charge in [-0.3, -0.25) is 9.59 Å². The van der Waals surface area contributed by atoms with Gasteiger partial charge in [-0.2, -0.15) is 0 Å². The second-order valence-corrected chi connectivity index (χ2v) is 6.56. The Labute approximate surface area is 154 Å². The van der Waals surface area contributed by atoms with Crippen molar-refractivity contribution < 1.29 is 9.59 Å². The average Bonchev–Trinajstić information content (AvgIpc) is 3.33. The highest BCUT2D eigenvalue weighted by Crippen LogP contribution is 2.27. The lowest BCUT2D eigenvalue weighted by Crippen LogP contribution is -2.44. The van der Waals surface area contributed by atoms with E-state index in [2.05, 4.69) is 21.7 Å². The maximum absolute atomic E-state index is 12.6. The molecule has 7 nitrogen and oxygen atoms in total. The summed E-state index contributed by atoms with van der Waals surface area (Å²) in [5, 5.41) is 6.13. The van der Waals surface area contributed by atoms with Gasteiger partial charge in [0.15, 0.2) is 5.96 Å². The van der Waals surface area contributed by atoms with E-state index >= 15 is 0 Å². The Bertz CT molecular complexity index is 682. The van der Waals surface area contributed by atoms with Crippen LogP contribution in [-0.2, 0) is 16.0 Å². The number of nitrogens with zero attached hydrogens (tertiary/aromatic N) is 3. The van der Waals surface area contributed by atoms with Gasteiger partial charge in [0, 0.05) is 31.9 Å². The van der Waals surface area contributed by atoms with Gasteiger partial charge in [0.05, 0.1) is 6.54 Å². The minimum absolute atomic E-state index is 0.0296. The van der Waals surface area contributed by atoms with Gasteiger partial charge in [-0.05, 0) is 37.8 Å². The highest BCUT2D eigenvalue weighted by atomic mass is 16.2. The molecule has 0 spiro atoms. The molecule has 0 unspecified atom stereocenters. The van der Waals surface area contributed by atoms with Gasteiger partial charge in [0.2, 0.25) is 11.8 Å².